The Bertz CT molecular complexity index is 897. The summed E-state index contributed by atoms with van der Waals surface area (Å²) < 4.78 is 16.3. The molecule has 0 spiro atoms. The van der Waals surface area contributed by atoms with Crippen LogP contribution in [0.3, 0.4) is 0 Å². The first-order valence-corrected chi connectivity index (χ1v) is 9.03. The highest BCUT2D eigenvalue weighted by molar-refractivity contribution is 5.92. The summed E-state index contributed by atoms with van der Waals surface area (Å²) in [6, 6.07) is 21.8. The highest BCUT2D eigenvalue weighted by atomic mass is 16.5. The van der Waals surface area contributed by atoms with Crippen molar-refractivity contribution in [1.29, 1.82) is 0 Å². The number of ether oxygens (including phenoxy) is 3. The minimum absolute atomic E-state index is 0.178. The van der Waals surface area contributed by atoms with Crippen LogP contribution in [0.1, 0.15) is 33.3 Å². The molecular formula is C23H23NO4. The summed E-state index contributed by atoms with van der Waals surface area (Å²) in [5, 5.41) is 0. The van der Waals surface area contributed by atoms with Gasteiger partial charge in [0.25, 0.3) is 0 Å². The third-order valence-corrected chi connectivity index (χ3v) is 4.41. The fourth-order valence-electron chi connectivity index (χ4n) is 2.92. The van der Waals surface area contributed by atoms with Gasteiger partial charge in [0.1, 0.15) is 11.3 Å². The van der Waals surface area contributed by atoms with E-state index in [0.717, 1.165) is 16.8 Å². The number of benzene rings is 2. The van der Waals surface area contributed by atoms with E-state index in [0.29, 0.717) is 24.3 Å². The van der Waals surface area contributed by atoms with E-state index in [1.54, 1.807) is 6.07 Å². The van der Waals surface area contributed by atoms with Gasteiger partial charge in [0.2, 0.25) is 0 Å². The minimum Gasteiger partial charge on any atom is -0.496 e. The number of aromatic nitrogens is 1. The Balaban J connectivity index is 1.82. The lowest BCUT2D eigenvalue weighted by molar-refractivity contribution is 0.0392. The van der Waals surface area contributed by atoms with Gasteiger partial charge >= 0.3 is 5.97 Å². The number of carbonyl (C=O) groups is 1. The number of rotatable bonds is 8. The molecule has 5 heteroatoms. The van der Waals surface area contributed by atoms with Crippen molar-refractivity contribution in [2.45, 2.75) is 19.1 Å². The molecule has 1 aromatic heterocycles. The summed E-state index contributed by atoms with van der Waals surface area (Å²) >= 11 is 0. The van der Waals surface area contributed by atoms with E-state index < -0.39 is 5.97 Å². The quantitative estimate of drug-likeness (QED) is 0.545. The zero-order valence-electron chi connectivity index (χ0n) is 16.0. The van der Waals surface area contributed by atoms with Crippen molar-refractivity contribution in [3.05, 3.63) is 95.3 Å². The van der Waals surface area contributed by atoms with E-state index in [4.69, 9.17) is 14.2 Å². The molecule has 0 radical (unpaired) electrons. The lowest BCUT2D eigenvalue weighted by Gasteiger charge is -2.19. The predicted molar refractivity (Wildman–Crippen MR) is 106 cm³/mol. The van der Waals surface area contributed by atoms with Crippen molar-refractivity contribution in [2.24, 2.45) is 0 Å². The first-order chi connectivity index (χ1) is 13.7. The summed E-state index contributed by atoms with van der Waals surface area (Å²) in [6.45, 7) is 0.498. The van der Waals surface area contributed by atoms with E-state index >= 15 is 0 Å². The average Bonchev–Trinajstić information content (AvgIpc) is 2.77. The van der Waals surface area contributed by atoms with Crippen LogP contribution in [0.25, 0.3) is 0 Å². The standard InChI is InChI=1S/C23H23NO4/c1-26-22-14-19(24-15-20(22)23(25)27-2)13-21(18-11-7-4-8-12-18)28-16-17-9-5-3-6-10-17/h3-12,14-15,21H,13,16H2,1-2H3. The van der Waals surface area contributed by atoms with Crippen LogP contribution in [0.15, 0.2) is 72.9 Å². The Morgan fingerprint density at radius 1 is 1.00 bits per heavy atom. The normalized spacial score (nSPS) is 11.6. The summed E-state index contributed by atoms with van der Waals surface area (Å²) in [7, 11) is 2.85. The molecule has 2 aromatic carbocycles. The zero-order chi connectivity index (χ0) is 19.8. The molecule has 0 bridgehead atoms. The molecule has 0 amide bonds. The molecule has 1 unspecified atom stereocenters. The zero-order valence-corrected chi connectivity index (χ0v) is 16.0. The van der Waals surface area contributed by atoms with Gasteiger partial charge in [-0.3, -0.25) is 4.98 Å². The molecule has 144 valence electrons. The van der Waals surface area contributed by atoms with Crippen molar-refractivity contribution < 1.29 is 19.0 Å². The second-order valence-electron chi connectivity index (χ2n) is 6.27. The van der Waals surface area contributed by atoms with Gasteiger partial charge in [-0.25, -0.2) is 4.79 Å². The second kappa shape index (κ2) is 9.67. The van der Waals surface area contributed by atoms with Gasteiger partial charge in [0.15, 0.2) is 0 Å². The van der Waals surface area contributed by atoms with Crippen LogP contribution in [0, 0.1) is 0 Å². The summed E-state index contributed by atoms with van der Waals surface area (Å²) in [4.78, 5) is 16.3. The Labute approximate surface area is 164 Å². The van der Waals surface area contributed by atoms with E-state index in [1.807, 2.05) is 60.7 Å². The number of methoxy groups -OCH3 is 2. The van der Waals surface area contributed by atoms with Gasteiger partial charge in [-0.05, 0) is 11.1 Å². The number of hydrogen-bond acceptors (Lipinski definition) is 5. The smallest absolute Gasteiger partial charge is 0.343 e. The number of esters is 1. The fourth-order valence-corrected chi connectivity index (χ4v) is 2.92. The molecule has 0 N–H and O–H groups in total. The maximum Gasteiger partial charge on any atom is 0.343 e. The van der Waals surface area contributed by atoms with Gasteiger partial charge in [-0.1, -0.05) is 60.7 Å². The van der Waals surface area contributed by atoms with Crippen LogP contribution < -0.4 is 4.74 Å². The van der Waals surface area contributed by atoms with Crippen molar-refractivity contribution in [3.63, 3.8) is 0 Å². The van der Waals surface area contributed by atoms with E-state index in [9.17, 15) is 4.79 Å². The van der Waals surface area contributed by atoms with Crippen LogP contribution in [0.2, 0.25) is 0 Å². The maximum atomic E-state index is 11.8. The van der Waals surface area contributed by atoms with Crippen molar-refractivity contribution in [1.82, 2.24) is 4.98 Å². The first-order valence-electron chi connectivity index (χ1n) is 9.03. The lowest BCUT2D eigenvalue weighted by Crippen LogP contribution is -2.11. The van der Waals surface area contributed by atoms with Crippen molar-refractivity contribution in [2.75, 3.05) is 14.2 Å². The Morgan fingerprint density at radius 3 is 2.32 bits per heavy atom. The van der Waals surface area contributed by atoms with E-state index in [2.05, 4.69) is 4.98 Å². The van der Waals surface area contributed by atoms with Crippen molar-refractivity contribution in [3.8, 4) is 5.75 Å². The Kier molecular flexibility index (Phi) is 6.76. The Hall–Kier alpha value is -3.18. The molecule has 1 heterocycles. The topological polar surface area (TPSA) is 57.7 Å². The average molecular weight is 377 g/mol. The highest BCUT2D eigenvalue weighted by Gasteiger charge is 2.18. The molecule has 1 atom stereocenters. The molecule has 0 saturated heterocycles. The number of carbonyl (C=O) groups excluding carboxylic acids is 1. The molecule has 28 heavy (non-hydrogen) atoms. The summed E-state index contributed by atoms with van der Waals surface area (Å²) in [5.41, 5.74) is 3.24. The molecule has 0 aliphatic carbocycles. The van der Waals surface area contributed by atoms with E-state index in [-0.39, 0.29) is 6.10 Å². The van der Waals surface area contributed by atoms with Gasteiger partial charge < -0.3 is 14.2 Å². The van der Waals surface area contributed by atoms with Gasteiger partial charge in [0, 0.05) is 24.4 Å². The largest absolute Gasteiger partial charge is 0.496 e. The molecule has 3 aromatic rings. The van der Waals surface area contributed by atoms with Crippen molar-refractivity contribution >= 4 is 5.97 Å². The first kappa shape index (κ1) is 19.6. The van der Waals surface area contributed by atoms with Crippen LogP contribution in [0.4, 0.5) is 0 Å². The minimum atomic E-state index is -0.476. The molecule has 3 rings (SSSR count). The van der Waals surface area contributed by atoms with Crippen LogP contribution in [-0.2, 0) is 22.5 Å². The SMILES string of the molecule is COC(=O)c1cnc(CC(OCc2ccccc2)c2ccccc2)cc1OC. The monoisotopic (exact) mass is 377 g/mol. The third kappa shape index (κ3) is 4.96. The van der Waals surface area contributed by atoms with Crippen LogP contribution in [-0.4, -0.2) is 25.2 Å². The predicted octanol–water partition coefficient (Wildman–Crippen LogP) is 4.38. The van der Waals surface area contributed by atoms with Crippen LogP contribution in [0.5, 0.6) is 5.75 Å². The van der Waals surface area contributed by atoms with E-state index in [1.165, 1.54) is 20.4 Å². The van der Waals surface area contributed by atoms with Gasteiger partial charge in [-0.15, -0.1) is 0 Å². The number of pyridine rings is 1. The molecule has 0 saturated carbocycles. The van der Waals surface area contributed by atoms with Crippen LogP contribution >= 0.6 is 0 Å². The highest BCUT2D eigenvalue weighted by Crippen LogP contribution is 2.26. The molecular weight excluding hydrogens is 354 g/mol. The summed E-state index contributed by atoms with van der Waals surface area (Å²) in [5.74, 6) is -0.0393. The number of hydrogen-bond donors (Lipinski definition) is 0. The lowest BCUT2D eigenvalue weighted by atomic mass is 10.0. The second-order valence-corrected chi connectivity index (χ2v) is 6.27. The molecule has 0 aliphatic heterocycles. The molecule has 0 aliphatic rings. The third-order valence-electron chi connectivity index (χ3n) is 4.41. The summed E-state index contributed by atoms with van der Waals surface area (Å²) in [6.07, 6.45) is 1.86. The fraction of sp³-hybridized carbons (Fsp3) is 0.217. The number of nitrogens with zero attached hydrogens (tertiary/aromatic N) is 1. The van der Waals surface area contributed by atoms with Gasteiger partial charge in [0.05, 0.1) is 26.9 Å². The van der Waals surface area contributed by atoms with Gasteiger partial charge in [-0.2, -0.15) is 0 Å². The Morgan fingerprint density at radius 2 is 1.68 bits per heavy atom. The maximum absolute atomic E-state index is 11.8. The molecule has 0 fully saturated rings. The molecule has 5 nitrogen and oxygen atoms in total.